The molecular weight excluding hydrogens is 376 g/mol. The molecule has 3 rings (SSSR count). The van der Waals surface area contributed by atoms with Crippen LogP contribution in [-0.2, 0) is 9.47 Å². The lowest BCUT2D eigenvalue weighted by Gasteiger charge is -2.28. The van der Waals surface area contributed by atoms with Gasteiger partial charge in [0.2, 0.25) is 0 Å². The molecule has 2 aromatic rings. The van der Waals surface area contributed by atoms with Gasteiger partial charge in [-0.1, -0.05) is 74.9 Å². The molecule has 160 valence electrons. The Kier molecular flexibility index (Phi) is 8.95. The first-order chi connectivity index (χ1) is 14.7. The van der Waals surface area contributed by atoms with Crippen LogP contribution in [0, 0.1) is 0 Å². The van der Waals surface area contributed by atoms with Crippen LogP contribution in [0.2, 0.25) is 0 Å². The zero-order valence-corrected chi connectivity index (χ0v) is 17.6. The van der Waals surface area contributed by atoms with Gasteiger partial charge in [0, 0.05) is 0 Å². The summed E-state index contributed by atoms with van der Waals surface area (Å²) in [6, 6.07) is 18.1. The average molecular weight is 409 g/mol. The molecular formula is C26H32O4. The van der Waals surface area contributed by atoms with E-state index in [1.807, 2.05) is 36.4 Å². The van der Waals surface area contributed by atoms with E-state index < -0.39 is 12.2 Å². The fourth-order valence-electron chi connectivity index (χ4n) is 3.95. The van der Waals surface area contributed by atoms with E-state index in [9.17, 15) is 9.59 Å². The van der Waals surface area contributed by atoms with Crippen LogP contribution in [0.5, 0.6) is 0 Å². The van der Waals surface area contributed by atoms with E-state index in [0.717, 1.165) is 25.7 Å². The van der Waals surface area contributed by atoms with Gasteiger partial charge < -0.3 is 9.47 Å². The highest BCUT2D eigenvalue weighted by atomic mass is 16.6. The number of benzene rings is 2. The zero-order chi connectivity index (χ0) is 21.0. The normalized spacial score (nSPS) is 20.9. The smallest absolute Gasteiger partial charge is 0.338 e. The molecule has 2 atom stereocenters. The SMILES string of the molecule is O=C(OC1CCCCCCCCCC[C@@H]1OC(=O)c1ccccc1)c1ccccc1. The third-order valence-corrected chi connectivity index (χ3v) is 5.68. The monoisotopic (exact) mass is 408 g/mol. The second-order valence-electron chi connectivity index (χ2n) is 8.03. The number of esters is 2. The van der Waals surface area contributed by atoms with Crippen molar-refractivity contribution in [3.8, 4) is 0 Å². The van der Waals surface area contributed by atoms with Gasteiger partial charge in [-0.2, -0.15) is 0 Å². The number of rotatable bonds is 4. The molecule has 30 heavy (non-hydrogen) atoms. The lowest BCUT2D eigenvalue weighted by molar-refractivity contribution is -0.0426. The minimum atomic E-state index is -0.426. The van der Waals surface area contributed by atoms with E-state index in [2.05, 4.69) is 0 Å². The van der Waals surface area contributed by atoms with Crippen LogP contribution in [-0.4, -0.2) is 24.1 Å². The molecule has 0 bridgehead atoms. The summed E-state index contributed by atoms with van der Waals surface area (Å²) in [7, 11) is 0. The van der Waals surface area contributed by atoms with Crippen molar-refractivity contribution in [2.45, 2.75) is 76.4 Å². The van der Waals surface area contributed by atoms with Crippen LogP contribution in [0.15, 0.2) is 60.7 Å². The Hall–Kier alpha value is -2.62. The largest absolute Gasteiger partial charge is 0.455 e. The number of ether oxygens (including phenoxy) is 2. The molecule has 0 N–H and O–H groups in total. The summed E-state index contributed by atoms with van der Waals surface area (Å²) in [5.41, 5.74) is 1.05. The molecule has 2 aromatic carbocycles. The highest BCUT2D eigenvalue weighted by Gasteiger charge is 2.29. The summed E-state index contributed by atoms with van der Waals surface area (Å²) in [4.78, 5) is 25.5. The number of hydrogen-bond donors (Lipinski definition) is 0. The van der Waals surface area contributed by atoms with E-state index in [1.165, 1.54) is 25.7 Å². The molecule has 0 aliphatic heterocycles. The molecule has 0 spiro atoms. The van der Waals surface area contributed by atoms with Crippen LogP contribution in [0.1, 0.15) is 84.9 Å². The fraction of sp³-hybridized carbons (Fsp3) is 0.462. The number of carbonyl (C=O) groups excluding carboxylic acids is 2. The van der Waals surface area contributed by atoms with Gasteiger partial charge in [0.05, 0.1) is 11.1 Å². The predicted octanol–water partition coefficient (Wildman–Crippen LogP) is 6.35. The molecule has 0 radical (unpaired) electrons. The summed E-state index contributed by atoms with van der Waals surface area (Å²) < 4.78 is 11.8. The van der Waals surface area contributed by atoms with Crippen molar-refractivity contribution >= 4 is 11.9 Å². The Bertz CT molecular complexity index is 705. The first kappa shape index (κ1) is 22.1. The van der Waals surface area contributed by atoms with Crippen molar-refractivity contribution in [2.75, 3.05) is 0 Å². The van der Waals surface area contributed by atoms with Crippen LogP contribution >= 0.6 is 0 Å². The van der Waals surface area contributed by atoms with Crippen molar-refractivity contribution in [2.24, 2.45) is 0 Å². The maximum absolute atomic E-state index is 12.7. The Balaban J connectivity index is 1.74. The van der Waals surface area contributed by atoms with Crippen molar-refractivity contribution in [3.63, 3.8) is 0 Å². The van der Waals surface area contributed by atoms with Crippen LogP contribution in [0.3, 0.4) is 0 Å². The summed E-state index contributed by atoms with van der Waals surface area (Å²) >= 11 is 0. The van der Waals surface area contributed by atoms with E-state index in [1.54, 1.807) is 24.3 Å². The molecule has 0 amide bonds. The van der Waals surface area contributed by atoms with Gasteiger partial charge in [-0.25, -0.2) is 9.59 Å². The molecule has 1 fully saturated rings. The van der Waals surface area contributed by atoms with E-state index in [-0.39, 0.29) is 11.9 Å². The van der Waals surface area contributed by atoms with Gasteiger partial charge >= 0.3 is 11.9 Å². The number of hydrogen-bond acceptors (Lipinski definition) is 4. The van der Waals surface area contributed by atoms with Gasteiger partial charge in [-0.15, -0.1) is 0 Å². The molecule has 1 saturated carbocycles. The van der Waals surface area contributed by atoms with E-state index in [0.29, 0.717) is 24.0 Å². The number of carbonyl (C=O) groups is 2. The van der Waals surface area contributed by atoms with Gasteiger partial charge in [-0.05, 0) is 49.9 Å². The van der Waals surface area contributed by atoms with Crippen LogP contribution in [0.25, 0.3) is 0 Å². The summed E-state index contributed by atoms with van der Waals surface area (Å²) in [5.74, 6) is -0.707. The Morgan fingerprint density at radius 2 is 0.867 bits per heavy atom. The molecule has 1 unspecified atom stereocenters. The zero-order valence-electron chi connectivity index (χ0n) is 17.6. The van der Waals surface area contributed by atoms with Crippen molar-refractivity contribution in [3.05, 3.63) is 71.8 Å². The lowest BCUT2D eigenvalue weighted by atomic mass is 9.97. The van der Waals surface area contributed by atoms with Crippen molar-refractivity contribution < 1.29 is 19.1 Å². The predicted molar refractivity (Wildman–Crippen MR) is 117 cm³/mol. The Morgan fingerprint density at radius 1 is 0.533 bits per heavy atom. The average Bonchev–Trinajstić information content (AvgIpc) is 2.78. The molecule has 0 heterocycles. The van der Waals surface area contributed by atoms with E-state index in [4.69, 9.17) is 9.47 Å². The van der Waals surface area contributed by atoms with Gasteiger partial charge in [0.1, 0.15) is 12.2 Å². The molecule has 0 saturated heterocycles. The highest BCUT2D eigenvalue weighted by Crippen LogP contribution is 2.23. The van der Waals surface area contributed by atoms with Crippen molar-refractivity contribution in [1.82, 2.24) is 0 Å². The fourth-order valence-corrected chi connectivity index (χ4v) is 3.95. The first-order valence-electron chi connectivity index (χ1n) is 11.3. The Morgan fingerprint density at radius 3 is 1.23 bits per heavy atom. The van der Waals surface area contributed by atoms with Crippen LogP contribution in [0.4, 0.5) is 0 Å². The minimum Gasteiger partial charge on any atom is -0.455 e. The first-order valence-corrected chi connectivity index (χ1v) is 11.3. The quantitative estimate of drug-likeness (QED) is 0.553. The second-order valence-corrected chi connectivity index (χ2v) is 8.03. The molecule has 4 nitrogen and oxygen atoms in total. The van der Waals surface area contributed by atoms with E-state index >= 15 is 0 Å². The maximum atomic E-state index is 12.7. The minimum absolute atomic E-state index is 0.353. The van der Waals surface area contributed by atoms with Gasteiger partial charge in [-0.3, -0.25) is 0 Å². The summed E-state index contributed by atoms with van der Waals surface area (Å²) in [5, 5.41) is 0. The Labute approximate surface area is 179 Å². The van der Waals surface area contributed by atoms with Crippen molar-refractivity contribution in [1.29, 1.82) is 0 Å². The molecule has 0 aromatic heterocycles. The standard InChI is InChI=1S/C26H32O4/c27-25(21-15-9-7-10-16-21)29-23-19-13-5-3-1-2-4-6-14-20-24(23)30-26(28)22-17-11-8-12-18-22/h7-12,15-18,23-24H,1-6,13-14,19-20H2/t23-,24?/m0/s1. The van der Waals surface area contributed by atoms with Gasteiger partial charge in [0.15, 0.2) is 0 Å². The van der Waals surface area contributed by atoms with Gasteiger partial charge in [0.25, 0.3) is 0 Å². The molecule has 1 aliphatic carbocycles. The molecule has 1 aliphatic rings. The third kappa shape index (κ3) is 7.01. The van der Waals surface area contributed by atoms with Crippen LogP contribution < -0.4 is 0 Å². The summed E-state index contributed by atoms with van der Waals surface area (Å²) in [6.07, 6.45) is 9.66. The third-order valence-electron chi connectivity index (χ3n) is 5.68. The topological polar surface area (TPSA) is 52.6 Å². The summed E-state index contributed by atoms with van der Waals surface area (Å²) in [6.45, 7) is 0. The lowest BCUT2D eigenvalue weighted by Crippen LogP contribution is -2.35. The highest BCUT2D eigenvalue weighted by molar-refractivity contribution is 5.90. The maximum Gasteiger partial charge on any atom is 0.338 e. The second kappa shape index (κ2) is 12.2. The molecule has 4 heteroatoms.